The molecule has 1 aliphatic rings. The minimum atomic E-state index is -0.305. The predicted octanol–water partition coefficient (Wildman–Crippen LogP) is 2.60. The van der Waals surface area contributed by atoms with Crippen molar-refractivity contribution in [3.63, 3.8) is 0 Å². The second kappa shape index (κ2) is 7.90. The molecule has 0 aromatic heterocycles. The Hall–Kier alpha value is -2.17. The fraction of sp³-hybridized carbons (Fsp3) is 0.444. The smallest absolute Gasteiger partial charge is 0.246 e. The molecule has 1 saturated heterocycles. The van der Waals surface area contributed by atoms with E-state index in [0.717, 1.165) is 5.56 Å². The van der Waals surface area contributed by atoms with Gasteiger partial charge in [0.15, 0.2) is 0 Å². The molecule has 0 atom stereocenters. The number of hydrogen-bond acceptors (Lipinski definition) is 2. The fourth-order valence-electron chi connectivity index (χ4n) is 2.49. The van der Waals surface area contributed by atoms with Crippen LogP contribution in [0.3, 0.4) is 0 Å². The maximum atomic E-state index is 13.3. The van der Waals surface area contributed by atoms with Crippen molar-refractivity contribution in [3.05, 3.63) is 47.8 Å². The zero-order valence-electron chi connectivity index (χ0n) is 13.7. The third-order valence-corrected chi connectivity index (χ3v) is 3.79. The van der Waals surface area contributed by atoms with Crippen LogP contribution in [0.4, 0.5) is 4.39 Å². The molecule has 5 heteroatoms. The highest BCUT2D eigenvalue weighted by Crippen LogP contribution is 2.12. The molecule has 1 aromatic rings. The van der Waals surface area contributed by atoms with Gasteiger partial charge in [-0.25, -0.2) is 4.39 Å². The van der Waals surface area contributed by atoms with Gasteiger partial charge in [-0.1, -0.05) is 32.1 Å². The van der Waals surface area contributed by atoms with E-state index in [4.69, 9.17) is 0 Å². The van der Waals surface area contributed by atoms with Crippen LogP contribution in [-0.2, 0) is 16.1 Å². The number of carbonyl (C=O) groups is 2. The lowest BCUT2D eigenvalue weighted by atomic mass is 10.2. The molecule has 0 aliphatic carbocycles. The molecule has 4 nitrogen and oxygen atoms in total. The second-order valence-electron chi connectivity index (χ2n) is 6.12. The number of benzene rings is 1. The largest absolute Gasteiger partial charge is 0.337 e. The summed E-state index contributed by atoms with van der Waals surface area (Å²) in [5.41, 5.74) is 0.762. The highest BCUT2D eigenvalue weighted by molar-refractivity contribution is 5.88. The molecule has 124 valence electrons. The van der Waals surface area contributed by atoms with Crippen molar-refractivity contribution in [1.82, 2.24) is 9.80 Å². The van der Waals surface area contributed by atoms with Crippen LogP contribution in [-0.4, -0.2) is 41.2 Å². The molecular formula is C18H23FN2O2. The summed E-state index contributed by atoms with van der Waals surface area (Å²) in [7, 11) is 0. The van der Waals surface area contributed by atoms with Crippen molar-refractivity contribution in [2.24, 2.45) is 5.92 Å². The SMILES string of the molecule is CC(C)C=CC(=O)N1CCC(=O)N(Cc2cccc(F)c2)CC1. The summed E-state index contributed by atoms with van der Waals surface area (Å²) in [6.07, 6.45) is 3.74. The zero-order chi connectivity index (χ0) is 16.8. The fourth-order valence-corrected chi connectivity index (χ4v) is 2.49. The maximum Gasteiger partial charge on any atom is 0.246 e. The first-order valence-electron chi connectivity index (χ1n) is 7.95. The van der Waals surface area contributed by atoms with E-state index in [-0.39, 0.29) is 17.6 Å². The number of carbonyl (C=O) groups excluding carboxylic acids is 2. The van der Waals surface area contributed by atoms with Crippen LogP contribution in [0.1, 0.15) is 25.8 Å². The molecule has 23 heavy (non-hydrogen) atoms. The van der Waals surface area contributed by atoms with E-state index in [1.165, 1.54) is 12.1 Å². The lowest BCUT2D eigenvalue weighted by Gasteiger charge is -2.21. The Balaban J connectivity index is 1.98. The third-order valence-electron chi connectivity index (χ3n) is 3.79. The van der Waals surface area contributed by atoms with E-state index in [1.807, 2.05) is 19.9 Å². The lowest BCUT2D eigenvalue weighted by Crippen LogP contribution is -2.34. The molecule has 0 saturated carbocycles. The number of rotatable bonds is 4. The van der Waals surface area contributed by atoms with Crippen LogP contribution in [0.5, 0.6) is 0 Å². The van der Waals surface area contributed by atoms with Gasteiger partial charge < -0.3 is 9.80 Å². The van der Waals surface area contributed by atoms with Gasteiger partial charge in [-0.05, 0) is 29.7 Å². The molecule has 0 radical (unpaired) electrons. The van der Waals surface area contributed by atoms with Gasteiger partial charge in [0.05, 0.1) is 0 Å². The standard InChI is InChI=1S/C18H23FN2O2/c1-14(2)6-7-17(22)20-9-8-18(23)21(11-10-20)13-15-4-3-5-16(19)12-15/h3-7,12,14H,8-11,13H2,1-2H3. The highest BCUT2D eigenvalue weighted by atomic mass is 19.1. The van der Waals surface area contributed by atoms with Crippen molar-refractivity contribution in [2.45, 2.75) is 26.8 Å². The van der Waals surface area contributed by atoms with Crippen LogP contribution in [0.25, 0.3) is 0 Å². The Morgan fingerprint density at radius 2 is 2.09 bits per heavy atom. The van der Waals surface area contributed by atoms with Gasteiger partial charge in [-0.3, -0.25) is 9.59 Å². The summed E-state index contributed by atoms with van der Waals surface area (Å²) in [6, 6.07) is 6.26. The van der Waals surface area contributed by atoms with Gasteiger partial charge >= 0.3 is 0 Å². The predicted molar refractivity (Wildman–Crippen MR) is 87.0 cm³/mol. The number of halogens is 1. The van der Waals surface area contributed by atoms with E-state index in [9.17, 15) is 14.0 Å². The summed E-state index contributed by atoms with van der Waals surface area (Å²) in [6.45, 7) is 5.80. The summed E-state index contributed by atoms with van der Waals surface area (Å²) < 4.78 is 13.3. The average molecular weight is 318 g/mol. The van der Waals surface area contributed by atoms with Crippen LogP contribution < -0.4 is 0 Å². The summed E-state index contributed by atoms with van der Waals surface area (Å²) in [5, 5.41) is 0. The molecule has 2 rings (SSSR count). The quantitative estimate of drug-likeness (QED) is 0.801. The molecule has 2 amide bonds. The molecule has 1 aromatic carbocycles. The minimum absolute atomic E-state index is 0.00241. The van der Waals surface area contributed by atoms with Crippen molar-refractivity contribution in [2.75, 3.05) is 19.6 Å². The molecule has 1 aliphatic heterocycles. The number of nitrogens with zero attached hydrogens (tertiary/aromatic N) is 2. The topological polar surface area (TPSA) is 40.6 Å². The summed E-state index contributed by atoms with van der Waals surface area (Å²) >= 11 is 0. The van der Waals surface area contributed by atoms with Crippen molar-refractivity contribution in [1.29, 1.82) is 0 Å². The van der Waals surface area contributed by atoms with Gasteiger partial charge in [0, 0.05) is 32.6 Å². The monoisotopic (exact) mass is 318 g/mol. The summed E-state index contributed by atoms with van der Waals surface area (Å²) in [5.74, 6) is -0.0473. The van der Waals surface area contributed by atoms with E-state index < -0.39 is 0 Å². The van der Waals surface area contributed by atoms with Crippen LogP contribution in [0.2, 0.25) is 0 Å². The first kappa shape index (κ1) is 17.2. The Kier molecular flexibility index (Phi) is 5.90. The molecule has 0 spiro atoms. The van der Waals surface area contributed by atoms with Crippen molar-refractivity contribution >= 4 is 11.8 Å². The summed E-state index contributed by atoms with van der Waals surface area (Å²) in [4.78, 5) is 27.7. The van der Waals surface area contributed by atoms with Gasteiger partial charge in [-0.2, -0.15) is 0 Å². The maximum absolute atomic E-state index is 13.3. The number of hydrogen-bond donors (Lipinski definition) is 0. The highest BCUT2D eigenvalue weighted by Gasteiger charge is 2.22. The Morgan fingerprint density at radius 1 is 1.30 bits per heavy atom. The number of allylic oxidation sites excluding steroid dienone is 1. The van der Waals surface area contributed by atoms with Crippen molar-refractivity contribution < 1.29 is 14.0 Å². The Labute approximate surface area is 136 Å². The molecule has 0 unspecified atom stereocenters. The van der Waals surface area contributed by atoms with E-state index >= 15 is 0 Å². The van der Waals surface area contributed by atoms with E-state index in [0.29, 0.717) is 38.5 Å². The van der Waals surface area contributed by atoms with E-state index in [2.05, 4.69) is 0 Å². The van der Waals surface area contributed by atoms with Gasteiger partial charge in [0.1, 0.15) is 5.82 Å². The molecule has 1 heterocycles. The molecule has 0 N–H and O–H groups in total. The van der Waals surface area contributed by atoms with Crippen molar-refractivity contribution in [3.8, 4) is 0 Å². The van der Waals surface area contributed by atoms with Gasteiger partial charge in [-0.15, -0.1) is 0 Å². The first-order chi connectivity index (χ1) is 11.0. The third kappa shape index (κ3) is 5.20. The Bertz CT molecular complexity index is 598. The van der Waals surface area contributed by atoms with Crippen LogP contribution >= 0.6 is 0 Å². The van der Waals surface area contributed by atoms with Crippen LogP contribution in [0.15, 0.2) is 36.4 Å². The average Bonchev–Trinajstić information content (AvgIpc) is 2.68. The first-order valence-corrected chi connectivity index (χ1v) is 7.95. The second-order valence-corrected chi connectivity index (χ2v) is 6.12. The molecular weight excluding hydrogens is 295 g/mol. The molecule has 1 fully saturated rings. The zero-order valence-corrected chi connectivity index (χ0v) is 13.7. The van der Waals surface area contributed by atoms with Gasteiger partial charge in [0.2, 0.25) is 11.8 Å². The Morgan fingerprint density at radius 3 is 2.78 bits per heavy atom. The molecule has 0 bridgehead atoms. The lowest BCUT2D eigenvalue weighted by molar-refractivity contribution is -0.130. The normalized spacial score (nSPS) is 16.3. The minimum Gasteiger partial charge on any atom is -0.337 e. The van der Waals surface area contributed by atoms with Crippen LogP contribution in [0, 0.1) is 11.7 Å². The number of amides is 2. The van der Waals surface area contributed by atoms with Gasteiger partial charge in [0.25, 0.3) is 0 Å². The van der Waals surface area contributed by atoms with E-state index in [1.54, 1.807) is 28.0 Å².